The van der Waals surface area contributed by atoms with Crippen LogP contribution in [0.1, 0.15) is 17.0 Å². The van der Waals surface area contributed by atoms with Crippen LogP contribution < -0.4 is 5.32 Å². The van der Waals surface area contributed by atoms with E-state index in [0.717, 1.165) is 6.20 Å². The first-order chi connectivity index (χ1) is 8.99. The maximum atomic E-state index is 12.6. The first-order valence-electron chi connectivity index (χ1n) is 5.07. The van der Waals surface area contributed by atoms with Crippen molar-refractivity contribution in [3.8, 4) is 0 Å². The molecule has 0 bridgehead atoms. The SMILES string of the molecule is O=C(Nc1ccc(Cl)c(Cl)c1)c1ccnn1C(F)F. The van der Waals surface area contributed by atoms with Gasteiger partial charge in [-0.25, -0.2) is 0 Å². The van der Waals surface area contributed by atoms with Gasteiger partial charge in [0.2, 0.25) is 0 Å². The number of carbonyl (C=O) groups is 1. The first-order valence-corrected chi connectivity index (χ1v) is 5.82. The lowest BCUT2D eigenvalue weighted by Crippen LogP contribution is -2.18. The summed E-state index contributed by atoms with van der Waals surface area (Å²) in [6.07, 6.45) is 1.12. The van der Waals surface area contributed by atoms with Gasteiger partial charge in [-0.2, -0.15) is 18.6 Å². The van der Waals surface area contributed by atoms with Crippen LogP contribution in [0.2, 0.25) is 10.0 Å². The van der Waals surface area contributed by atoms with Crippen LogP contribution in [0.4, 0.5) is 14.5 Å². The van der Waals surface area contributed by atoms with Crippen molar-refractivity contribution in [2.24, 2.45) is 0 Å². The van der Waals surface area contributed by atoms with E-state index in [1.807, 2.05) is 0 Å². The number of hydrogen-bond acceptors (Lipinski definition) is 2. The van der Waals surface area contributed by atoms with Gasteiger partial charge in [0.25, 0.3) is 5.91 Å². The number of benzene rings is 1. The Kier molecular flexibility index (Phi) is 4.01. The minimum Gasteiger partial charge on any atom is -0.321 e. The van der Waals surface area contributed by atoms with Crippen LogP contribution in [0, 0.1) is 0 Å². The fourth-order valence-corrected chi connectivity index (χ4v) is 1.72. The summed E-state index contributed by atoms with van der Waals surface area (Å²) < 4.78 is 25.4. The minimum absolute atomic E-state index is 0.249. The van der Waals surface area contributed by atoms with E-state index in [2.05, 4.69) is 10.4 Å². The predicted molar refractivity (Wildman–Crippen MR) is 67.9 cm³/mol. The highest BCUT2D eigenvalue weighted by Crippen LogP contribution is 2.25. The summed E-state index contributed by atoms with van der Waals surface area (Å²) in [4.78, 5) is 11.8. The van der Waals surface area contributed by atoms with Crippen molar-refractivity contribution >= 4 is 34.8 Å². The molecule has 0 radical (unpaired) electrons. The van der Waals surface area contributed by atoms with E-state index in [9.17, 15) is 13.6 Å². The summed E-state index contributed by atoms with van der Waals surface area (Å²) in [7, 11) is 0. The summed E-state index contributed by atoms with van der Waals surface area (Å²) in [5.41, 5.74) is 0.0995. The lowest BCUT2D eigenvalue weighted by atomic mass is 10.3. The fraction of sp³-hybridized carbons (Fsp3) is 0.0909. The Balaban J connectivity index is 2.21. The van der Waals surface area contributed by atoms with Gasteiger partial charge in [0.15, 0.2) is 0 Å². The van der Waals surface area contributed by atoms with E-state index < -0.39 is 12.5 Å². The molecule has 0 aliphatic heterocycles. The Morgan fingerprint density at radius 2 is 2.00 bits per heavy atom. The molecule has 0 fully saturated rings. The molecule has 100 valence electrons. The molecule has 1 aromatic carbocycles. The molecule has 0 saturated heterocycles. The monoisotopic (exact) mass is 305 g/mol. The number of aromatic nitrogens is 2. The molecule has 19 heavy (non-hydrogen) atoms. The zero-order valence-corrected chi connectivity index (χ0v) is 10.8. The summed E-state index contributed by atoms with van der Waals surface area (Å²) in [6, 6.07) is 5.61. The lowest BCUT2D eigenvalue weighted by Gasteiger charge is -2.08. The highest BCUT2D eigenvalue weighted by atomic mass is 35.5. The molecule has 2 aromatic rings. The summed E-state index contributed by atoms with van der Waals surface area (Å²) in [5, 5.41) is 6.38. The Morgan fingerprint density at radius 3 is 2.63 bits per heavy atom. The van der Waals surface area contributed by atoms with Gasteiger partial charge in [-0.15, -0.1) is 0 Å². The Morgan fingerprint density at radius 1 is 1.26 bits per heavy atom. The number of carbonyl (C=O) groups excluding carboxylic acids is 1. The van der Waals surface area contributed by atoms with Gasteiger partial charge in [0, 0.05) is 11.9 Å². The van der Waals surface area contributed by atoms with Crippen molar-refractivity contribution in [3.05, 3.63) is 46.2 Å². The van der Waals surface area contributed by atoms with Crippen molar-refractivity contribution < 1.29 is 13.6 Å². The Labute approximate surface area is 116 Å². The largest absolute Gasteiger partial charge is 0.333 e. The van der Waals surface area contributed by atoms with E-state index in [1.54, 1.807) is 0 Å². The molecule has 2 rings (SSSR count). The van der Waals surface area contributed by atoms with Crippen LogP contribution in [0.15, 0.2) is 30.5 Å². The van der Waals surface area contributed by atoms with Crippen molar-refractivity contribution in [2.45, 2.75) is 6.55 Å². The number of alkyl halides is 2. The number of nitrogens with zero attached hydrogens (tertiary/aromatic N) is 2. The highest BCUT2D eigenvalue weighted by Gasteiger charge is 2.18. The quantitative estimate of drug-likeness (QED) is 0.936. The van der Waals surface area contributed by atoms with Gasteiger partial charge in [0.05, 0.1) is 10.0 Å². The molecule has 0 unspecified atom stereocenters. The summed E-state index contributed by atoms with van der Waals surface area (Å²) >= 11 is 11.5. The second-order valence-corrected chi connectivity index (χ2v) is 4.34. The van der Waals surface area contributed by atoms with Crippen molar-refractivity contribution in [1.29, 1.82) is 0 Å². The average molecular weight is 306 g/mol. The topological polar surface area (TPSA) is 46.9 Å². The smallest absolute Gasteiger partial charge is 0.321 e. The third-order valence-electron chi connectivity index (χ3n) is 2.27. The van der Waals surface area contributed by atoms with Crippen molar-refractivity contribution in [3.63, 3.8) is 0 Å². The van der Waals surface area contributed by atoms with E-state index in [0.29, 0.717) is 15.4 Å². The molecule has 1 aromatic heterocycles. The van der Waals surface area contributed by atoms with Crippen LogP contribution in [0.25, 0.3) is 0 Å². The average Bonchev–Trinajstić information content (AvgIpc) is 2.83. The maximum absolute atomic E-state index is 12.6. The molecule has 0 aliphatic rings. The van der Waals surface area contributed by atoms with Gasteiger partial charge in [-0.3, -0.25) is 4.79 Å². The molecule has 0 atom stereocenters. The standard InChI is InChI=1S/C11H7Cl2F2N3O/c12-7-2-1-6(5-8(7)13)17-10(19)9-3-4-16-18(9)11(14)15/h1-5,11H,(H,17,19). The van der Waals surface area contributed by atoms with Gasteiger partial charge in [-0.1, -0.05) is 23.2 Å². The lowest BCUT2D eigenvalue weighted by molar-refractivity contribution is 0.0520. The second kappa shape index (κ2) is 5.54. The number of amides is 1. The Hall–Kier alpha value is -1.66. The number of anilines is 1. The molecule has 1 amide bonds. The Bertz CT molecular complexity index is 616. The van der Waals surface area contributed by atoms with Gasteiger partial charge < -0.3 is 5.32 Å². The van der Waals surface area contributed by atoms with Gasteiger partial charge in [0.1, 0.15) is 5.69 Å². The molecule has 4 nitrogen and oxygen atoms in total. The molecule has 0 spiro atoms. The van der Waals surface area contributed by atoms with Crippen molar-refractivity contribution in [2.75, 3.05) is 5.32 Å². The zero-order chi connectivity index (χ0) is 14.0. The van der Waals surface area contributed by atoms with Crippen LogP contribution in [0.3, 0.4) is 0 Å². The normalized spacial score (nSPS) is 10.8. The van der Waals surface area contributed by atoms with Gasteiger partial charge >= 0.3 is 6.55 Å². The van der Waals surface area contributed by atoms with Gasteiger partial charge in [-0.05, 0) is 24.3 Å². The minimum atomic E-state index is -2.88. The van der Waals surface area contributed by atoms with Crippen LogP contribution in [-0.4, -0.2) is 15.7 Å². The third-order valence-corrected chi connectivity index (χ3v) is 3.00. The third kappa shape index (κ3) is 3.02. The predicted octanol–water partition coefficient (Wildman–Crippen LogP) is 3.84. The van der Waals surface area contributed by atoms with E-state index in [4.69, 9.17) is 23.2 Å². The second-order valence-electron chi connectivity index (χ2n) is 3.52. The maximum Gasteiger partial charge on any atom is 0.333 e. The van der Waals surface area contributed by atoms with E-state index in [1.165, 1.54) is 24.3 Å². The summed E-state index contributed by atoms with van der Waals surface area (Å²) in [5.74, 6) is -0.712. The highest BCUT2D eigenvalue weighted by molar-refractivity contribution is 6.42. The number of halogens is 4. The molecule has 1 N–H and O–H groups in total. The molecule has 0 saturated carbocycles. The first kappa shape index (κ1) is 13.8. The molecule has 0 aliphatic carbocycles. The van der Waals surface area contributed by atoms with E-state index >= 15 is 0 Å². The fourth-order valence-electron chi connectivity index (χ4n) is 1.42. The molecular formula is C11H7Cl2F2N3O. The zero-order valence-electron chi connectivity index (χ0n) is 9.28. The number of rotatable bonds is 3. The van der Waals surface area contributed by atoms with E-state index in [-0.39, 0.29) is 10.7 Å². The molecular weight excluding hydrogens is 299 g/mol. The van der Waals surface area contributed by atoms with Crippen molar-refractivity contribution in [1.82, 2.24) is 9.78 Å². The van der Waals surface area contributed by atoms with Crippen LogP contribution in [0.5, 0.6) is 0 Å². The number of nitrogens with one attached hydrogen (secondary N) is 1. The molecule has 1 heterocycles. The number of hydrogen-bond donors (Lipinski definition) is 1. The van der Waals surface area contributed by atoms with Crippen LogP contribution >= 0.6 is 23.2 Å². The molecule has 8 heteroatoms. The van der Waals surface area contributed by atoms with Crippen LogP contribution in [-0.2, 0) is 0 Å². The summed E-state index contributed by atoms with van der Waals surface area (Å²) in [6.45, 7) is -2.88.